The van der Waals surface area contributed by atoms with Crippen molar-refractivity contribution in [3.63, 3.8) is 0 Å². The van der Waals surface area contributed by atoms with Crippen LogP contribution in [0.5, 0.6) is 0 Å². The lowest BCUT2D eigenvalue weighted by Crippen LogP contribution is -2.36. The molecule has 2 rings (SSSR count). The van der Waals surface area contributed by atoms with Crippen LogP contribution in [0.4, 0.5) is 5.69 Å². The molecule has 1 unspecified atom stereocenters. The van der Waals surface area contributed by atoms with Crippen LogP contribution >= 0.6 is 11.8 Å². The van der Waals surface area contributed by atoms with Crippen LogP contribution in [0.3, 0.4) is 0 Å². The Kier molecular flexibility index (Phi) is 4.20. The molecule has 1 N–H and O–H groups in total. The summed E-state index contributed by atoms with van der Waals surface area (Å²) < 4.78 is 0. The van der Waals surface area contributed by atoms with E-state index in [0.29, 0.717) is 11.5 Å². The lowest BCUT2D eigenvalue weighted by Gasteiger charge is -2.36. The second-order valence-electron chi connectivity index (χ2n) is 7.52. The zero-order valence-corrected chi connectivity index (χ0v) is 13.7. The third-order valence-corrected chi connectivity index (χ3v) is 5.33. The number of rotatable bonds is 2. The van der Waals surface area contributed by atoms with Crippen LogP contribution in [0.2, 0.25) is 0 Å². The molecule has 0 radical (unpaired) electrons. The highest BCUT2D eigenvalue weighted by Crippen LogP contribution is 2.36. The Bertz CT molecular complexity index is 431. The molecule has 0 saturated carbocycles. The molecule has 1 aliphatic rings. The number of nitrogens with one attached hydrogen (secondary N) is 1. The molecular weight excluding hydrogens is 250 g/mol. The molecule has 1 fully saturated rings. The number of hydrogen-bond donors (Lipinski definition) is 1. The summed E-state index contributed by atoms with van der Waals surface area (Å²) in [6, 6.07) is 9.36. The van der Waals surface area contributed by atoms with Gasteiger partial charge in [0.15, 0.2) is 0 Å². The van der Waals surface area contributed by atoms with Crippen molar-refractivity contribution < 1.29 is 0 Å². The average molecular weight is 277 g/mol. The summed E-state index contributed by atoms with van der Waals surface area (Å²) >= 11 is 2.08. The molecule has 1 aromatic rings. The van der Waals surface area contributed by atoms with Crippen LogP contribution in [0.1, 0.15) is 46.6 Å². The molecule has 1 atom stereocenters. The number of para-hydroxylation sites is 1. The van der Waals surface area contributed by atoms with Crippen molar-refractivity contribution in [1.29, 1.82) is 0 Å². The number of hydrogen-bond acceptors (Lipinski definition) is 2. The molecule has 106 valence electrons. The van der Waals surface area contributed by atoms with Crippen molar-refractivity contribution in [1.82, 2.24) is 0 Å². The fourth-order valence-electron chi connectivity index (χ4n) is 2.84. The van der Waals surface area contributed by atoms with Gasteiger partial charge >= 0.3 is 0 Å². The Balaban J connectivity index is 2.15. The molecular formula is C17H27NS. The van der Waals surface area contributed by atoms with E-state index in [9.17, 15) is 0 Å². The third-order valence-electron chi connectivity index (χ3n) is 3.71. The molecule has 0 spiro atoms. The molecule has 2 heteroatoms. The van der Waals surface area contributed by atoms with E-state index in [-0.39, 0.29) is 5.41 Å². The molecule has 1 nitrogen and oxygen atoms in total. The summed E-state index contributed by atoms with van der Waals surface area (Å²) in [5.74, 6) is 2.51. The highest BCUT2D eigenvalue weighted by atomic mass is 32.2. The van der Waals surface area contributed by atoms with Crippen LogP contribution in [0, 0.1) is 5.41 Å². The Labute approximate surface area is 122 Å². The lowest BCUT2D eigenvalue weighted by atomic mass is 9.84. The van der Waals surface area contributed by atoms with Crippen LogP contribution in [-0.4, -0.2) is 17.5 Å². The van der Waals surface area contributed by atoms with Gasteiger partial charge in [0.05, 0.1) is 0 Å². The summed E-state index contributed by atoms with van der Waals surface area (Å²) in [7, 11) is 0. The maximum atomic E-state index is 3.79. The summed E-state index contributed by atoms with van der Waals surface area (Å²) in [5, 5.41) is 3.79. The van der Waals surface area contributed by atoms with Gasteiger partial charge in [0, 0.05) is 17.5 Å². The van der Waals surface area contributed by atoms with E-state index in [4.69, 9.17) is 0 Å². The highest BCUT2D eigenvalue weighted by molar-refractivity contribution is 7.99. The van der Waals surface area contributed by atoms with Gasteiger partial charge < -0.3 is 5.32 Å². The third kappa shape index (κ3) is 3.92. The topological polar surface area (TPSA) is 12.0 Å². The standard InChI is InChI=1S/C17H27NS/c1-16(2,3)14-8-6-7-9-15(14)18-13-10-17(4,5)12-19-11-13/h6-9,13,18H,10-12H2,1-5H3. The van der Waals surface area contributed by atoms with Crippen LogP contribution < -0.4 is 5.32 Å². The van der Waals surface area contributed by atoms with Gasteiger partial charge in [-0.2, -0.15) is 11.8 Å². The molecule has 0 aromatic heterocycles. The van der Waals surface area contributed by atoms with Gasteiger partial charge in [-0.05, 0) is 34.6 Å². The number of thioether (sulfide) groups is 1. The summed E-state index contributed by atoms with van der Waals surface area (Å²) in [4.78, 5) is 0. The fourth-order valence-corrected chi connectivity index (χ4v) is 4.11. The van der Waals surface area contributed by atoms with E-state index in [1.54, 1.807) is 0 Å². The van der Waals surface area contributed by atoms with Gasteiger partial charge in [-0.3, -0.25) is 0 Å². The fraction of sp³-hybridized carbons (Fsp3) is 0.647. The van der Waals surface area contributed by atoms with Crippen molar-refractivity contribution in [2.75, 3.05) is 16.8 Å². The van der Waals surface area contributed by atoms with E-state index in [1.165, 1.54) is 29.2 Å². The van der Waals surface area contributed by atoms with Gasteiger partial charge in [0.1, 0.15) is 0 Å². The van der Waals surface area contributed by atoms with Crippen molar-refractivity contribution in [2.24, 2.45) is 5.41 Å². The second-order valence-corrected chi connectivity index (χ2v) is 8.55. The Morgan fingerprint density at radius 3 is 2.53 bits per heavy atom. The smallest absolute Gasteiger partial charge is 0.0380 e. The Morgan fingerprint density at radius 2 is 1.89 bits per heavy atom. The van der Waals surface area contributed by atoms with Gasteiger partial charge in [-0.15, -0.1) is 0 Å². The minimum atomic E-state index is 0.195. The molecule has 0 aliphatic carbocycles. The van der Waals surface area contributed by atoms with Crippen molar-refractivity contribution >= 4 is 17.4 Å². The van der Waals surface area contributed by atoms with E-state index >= 15 is 0 Å². The molecule has 1 aromatic carbocycles. The number of benzene rings is 1. The van der Waals surface area contributed by atoms with Crippen LogP contribution in [0.25, 0.3) is 0 Å². The SMILES string of the molecule is CC1(C)CSCC(Nc2ccccc2C(C)(C)C)C1. The van der Waals surface area contributed by atoms with Crippen LogP contribution in [0.15, 0.2) is 24.3 Å². The molecule has 0 amide bonds. The first-order valence-corrected chi connectivity index (χ1v) is 8.37. The van der Waals surface area contributed by atoms with Gasteiger partial charge in [0.25, 0.3) is 0 Å². The minimum Gasteiger partial charge on any atom is -0.381 e. The molecule has 1 saturated heterocycles. The predicted molar refractivity (Wildman–Crippen MR) is 88.3 cm³/mol. The van der Waals surface area contributed by atoms with E-state index in [1.807, 2.05) is 0 Å². The quantitative estimate of drug-likeness (QED) is 0.823. The first kappa shape index (κ1) is 14.8. The minimum absolute atomic E-state index is 0.195. The van der Waals surface area contributed by atoms with E-state index in [0.717, 1.165) is 0 Å². The maximum absolute atomic E-state index is 3.79. The second kappa shape index (κ2) is 5.40. The first-order valence-electron chi connectivity index (χ1n) is 7.22. The van der Waals surface area contributed by atoms with Gasteiger partial charge in [-0.1, -0.05) is 52.8 Å². The zero-order chi connectivity index (χ0) is 14.1. The largest absolute Gasteiger partial charge is 0.381 e. The van der Waals surface area contributed by atoms with Gasteiger partial charge in [0.2, 0.25) is 0 Å². The normalized spacial score (nSPS) is 23.1. The first-order chi connectivity index (χ1) is 8.78. The molecule has 0 bridgehead atoms. The summed E-state index contributed by atoms with van der Waals surface area (Å²) in [6.45, 7) is 11.6. The lowest BCUT2D eigenvalue weighted by molar-refractivity contribution is 0.358. The monoisotopic (exact) mass is 277 g/mol. The Hall–Kier alpha value is -0.630. The Morgan fingerprint density at radius 1 is 1.21 bits per heavy atom. The number of anilines is 1. The van der Waals surface area contributed by atoms with E-state index in [2.05, 4.69) is 76.0 Å². The highest BCUT2D eigenvalue weighted by Gasteiger charge is 2.29. The van der Waals surface area contributed by atoms with E-state index < -0.39 is 0 Å². The zero-order valence-electron chi connectivity index (χ0n) is 12.9. The summed E-state index contributed by atoms with van der Waals surface area (Å²) in [6.07, 6.45) is 1.26. The summed E-state index contributed by atoms with van der Waals surface area (Å²) in [5.41, 5.74) is 3.39. The van der Waals surface area contributed by atoms with Crippen LogP contribution in [-0.2, 0) is 5.41 Å². The van der Waals surface area contributed by atoms with Crippen molar-refractivity contribution in [2.45, 2.75) is 52.5 Å². The molecule has 19 heavy (non-hydrogen) atoms. The van der Waals surface area contributed by atoms with Crippen molar-refractivity contribution in [3.05, 3.63) is 29.8 Å². The molecule has 1 aliphatic heterocycles. The van der Waals surface area contributed by atoms with Gasteiger partial charge in [-0.25, -0.2) is 0 Å². The predicted octanol–water partition coefficient (Wildman–Crippen LogP) is 4.93. The average Bonchev–Trinajstić information content (AvgIpc) is 2.26. The molecule has 1 heterocycles. The maximum Gasteiger partial charge on any atom is 0.0380 e. The van der Waals surface area contributed by atoms with Crippen molar-refractivity contribution in [3.8, 4) is 0 Å².